The first-order valence-electron chi connectivity index (χ1n) is 6.28. The molecular weight excluding hydrogens is 320 g/mol. The van der Waals surface area contributed by atoms with Gasteiger partial charge >= 0.3 is 0 Å². The van der Waals surface area contributed by atoms with Gasteiger partial charge in [-0.1, -0.05) is 0 Å². The van der Waals surface area contributed by atoms with Crippen LogP contribution in [0.4, 0.5) is 5.69 Å². The van der Waals surface area contributed by atoms with Crippen LogP contribution in [0, 0.1) is 6.92 Å². The Hall–Kier alpha value is -1.75. The summed E-state index contributed by atoms with van der Waals surface area (Å²) in [5, 5.41) is 13.3. The largest absolute Gasteiger partial charge is 0.508 e. The van der Waals surface area contributed by atoms with Crippen LogP contribution >= 0.6 is 15.9 Å². The van der Waals surface area contributed by atoms with E-state index in [9.17, 15) is 5.11 Å². The van der Waals surface area contributed by atoms with Crippen LogP contribution in [0.5, 0.6) is 11.5 Å². The van der Waals surface area contributed by atoms with Gasteiger partial charge in [-0.2, -0.15) is 0 Å². The number of aromatic nitrogens is 1. The first-order valence-corrected chi connectivity index (χ1v) is 7.07. The summed E-state index contributed by atoms with van der Waals surface area (Å²) in [6.45, 7) is 3.92. The molecule has 5 heteroatoms. The molecule has 0 spiro atoms. The fourth-order valence-corrected chi connectivity index (χ4v) is 2.40. The summed E-state index contributed by atoms with van der Waals surface area (Å²) in [6, 6.07) is 8.98. The first-order chi connectivity index (χ1) is 9.51. The second kappa shape index (κ2) is 6.13. The Labute approximate surface area is 126 Å². The van der Waals surface area contributed by atoms with E-state index in [1.165, 1.54) is 0 Å². The monoisotopic (exact) mass is 336 g/mol. The standard InChI is InChI=1S/C15H17BrN2O2/c1-9(12-8-11(20-3)4-6-14(12)19)17-13-5-7-15(16)18-10(13)2/h4-9,17,19H,1-3H3. The van der Waals surface area contributed by atoms with Crippen LogP contribution in [0.15, 0.2) is 34.9 Å². The number of rotatable bonds is 4. The zero-order valence-electron chi connectivity index (χ0n) is 11.6. The zero-order valence-corrected chi connectivity index (χ0v) is 13.2. The molecule has 1 aromatic carbocycles. The van der Waals surface area contributed by atoms with Crippen molar-refractivity contribution in [2.24, 2.45) is 0 Å². The van der Waals surface area contributed by atoms with Crippen molar-refractivity contribution in [1.29, 1.82) is 0 Å². The Morgan fingerprint density at radius 3 is 2.70 bits per heavy atom. The molecule has 0 saturated carbocycles. The highest BCUT2D eigenvalue weighted by Crippen LogP contribution is 2.31. The molecule has 0 amide bonds. The van der Waals surface area contributed by atoms with Crippen LogP contribution in [0.2, 0.25) is 0 Å². The molecule has 1 unspecified atom stereocenters. The maximum atomic E-state index is 9.97. The third-order valence-electron chi connectivity index (χ3n) is 3.13. The van der Waals surface area contributed by atoms with E-state index < -0.39 is 0 Å². The number of anilines is 1. The molecule has 20 heavy (non-hydrogen) atoms. The van der Waals surface area contributed by atoms with Crippen LogP contribution in [0.1, 0.15) is 24.2 Å². The van der Waals surface area contributed by atoms with E-state index in [2.05, 4.69) is 26.2 Å². The van der Waals surface area contributed by atoms with Gasteiger partial charge in [0.2, 0.25) is 0 Å². The van der Waals surface area contributed by atoms with Gasteiger partial charge in [0.1, 0.15) is 16.1 Å². The molecule has 0 aliphatic rings. The lowest BCUT2D eigenvalue weighted by Crippen LogP contribution is -2.08. The van der Waals surface area contributed by atoms with Gasteiger partial charge in [-0.25, -0.2) is 4.98 Å². The molecule has 0 aliphatic heterocycles. The maximum Gasteiger partial charge on any atom is 0.121 e. The van der Waals surface area contributed by atoms with Crippen molar-refractivity contribution in [1.82, 2.24) is 4.98 Å². The zero-order chi connectivity index (χ0) is 14.7. The number of aryl methyl sites for hydroxylation is 1. The van der Waals surface area contributed by atoms with E-state index in [0.717, 1.165) is 27.3 Å². The molecule has 1 aromatic heterocycles. The highest BCUT2D eigenvalue weighted by atomic mass is 79.9. The number of methoxy groups -OCH3 is 1. The van der Waals surface area contributed by atoms with Crippen LogP contribution in [0.3, 0.4) is 0 Å². The third-order valence-corrected chi connectivity index (χ3v) is 3.57. The van der Waals surface area contributed by atoms with Gasteiger partial charge in [-0.05, 0) is 60.1 Å². The lowest BCUT2D eigenvalue weighted by atomic mass is 10.1. The number of benzene rings is 1. The minimum absolute atomic E-state index is 0.0632. The second-order valence-corrected chi connectivity index (χ2v) is 5.37. The summed E-state index contributed by atoms with van der Waals surface area (Å²) in [7, 11) is 1.61. The van der Waals surface area contributed by atoms with Crippen molar-refractivity contribution in [2.75, 3.05) is 12.4 Å². The lowest BCUT2D eigenvalue weighted by molar-refractivity contribution is 0.410. The number of ether oxygens (including phenoxy) is 1. The lowest BCUT2D eigenvalue weighted by Gasteiger charge is -2.18. The SMILES string of the molecule is COc1ccc(O)c(C(C)Nc2ccc(Br)nc2C)c1. The smallest absolute Gasteiger partial charge is 0.121 e. The van der Waals surface area contributed by atoms with E-state index in [-0.39, 0.29) is 11.8 Å². The molecule has 2 rings (SSSR count). The summed E-state index contributed by atoms with van der Waals surface area (Å²) in [4.78, 5) is 4.34. The average molecular weight is 337 g/mol. The molecule has 0 aliphatic carbocycles. The Bertz CT molecular complexity index is 617. The van der Waals surface area contributed by atoms with Gasteiger partial charge in [0.25, 0.3) is 0 Å². The Morgan fingerprint density at radius 2 is 2.05 bits per heavy atom. The van der Waals surface area contributed by atoms with E-state index in [1.807, 2.05) is 32.0 Å². The minimum Gasteiger partial charge on any atom is -0.508 e. The van der Waals surface area contributed by atoms with Gasteiger partial charge in [-0.3, -0.25) is 0 Å². The Kier molecular flexibility index (Phi) is 4.49. The molecule has 1 heterocycles. The maximum absolute atomic E-state index is 9.97. The van der Waals surface area contributed by atoms with Crippen LogP contribution in [-0.2, 0) is 0 Å². The van der Waals surface area contributed by atoms with Gasteiger partial charge < -0.3 is 15.2 Å². The molecule has 0 fully saturated rings. The topological polar surface area (TPSA) is 54.4 Å². The highest BCUT2D eigenvalue weighted by Gasteiger charge is 2.13. The van der Waals surface area contributed by atoms with Crippen molar-refractivity contribution < 1.29 is 9.84 Å². The van der Waals surface area contributed by atoms with Crippen LogP contribution in [-0.4, -0.2) is 17.2 Å². The normalized spacial score (nSPS) is 12.0. The molecule has 0 bridgehead atoms. The number of nitrogens with zero attached hydrogens (tertiary/aromatic N) is 1. The number of aromatic hydroxyl groups is 1. The highest BCUT2D eigenvalue weighted by molar-refractivity contribution is 9.10. The Morgan fingerprint density at radius 1 is 1.30 bits per heavy atom. The minimum atomic E-state index is -0.0632. The summed E-state index contributed by atoms with van der Waals surface area (Å²) >= 11 is 3.34. The number of hydrogen-bond acceptors (Lipinski definition) is 4. The number of phenols is 1. The molecule has 0 radical (unpaired) electrons. The first kappa shape index (κ1) is 14.7. The number of nitrogens with one attached hydrogen (secondary N) is 1. The second-order valence-electron chi connectivity index (χ2n) is 4.56. The fourth-order valence-electron chi connectivity index (χ4n) is 2.00. The molecule has 106 valence electrons. The molecule has 2 aromatic rings. The number of pyridine rings is 1. The third kappa shape index (κ3) is 3.22. The predicted octanol–water partition coefficient (Wildman–Crippen LogP) is 4.04. The van der Waals surface area contributed by atoms with Gasteiger partial charge in [-0.15, -0.1) is 0 Å². The van der Waals surface area contributed by atoms with Gasteiger partial charge in [0.05, 0.1) is 24.5 Å². The summed E-state index contributed by atoms with van der Waals surface area (Å²) in [5.41, 5.74) is 2.61. The molecule has 2 N–H and O–H groups in total. The molecule has 1 atom stereocenters. The molecule has 4 nitrogen and oxygen atoms in total. The van der Waals surface area contributed by atoms with Crippen LogP contribution in [0.25, 0.3) is 0 Å². The van der Waals surface area contributed by atoms with Crippen LogP contribution < -0.4 is 10.1 Å². The summed E-state index contributed by atoms with van der Waals surface area (Å²) < 4.78 is 6.00. The van der Waals surface area contributed by atoms with Crippen molar-refractivity contribution >= 4 is 21.6 Å². The van der Waals surface area contributed by atoms with E-state index in [4.69, 9.17) is 4.74 Å². The van der Waals surface area contributed by atoms with Crippen molar-refractivity contribution in [3.63, 3.8) is 0 Å². The summed E-state index contributed by atoms with van der Waals surface area (Å²) in [5.74, 6) is 0.964. The molecular formula is C15H17BrN2O2. The predicted molar refractivity (Wildman–Crippen MR) is 83.4 cm³/mol. The number of halogens is 1. The van der Waals surface area contributed by atoms with Gasteiger partial charge in [0, 0.05) is 5.56 Å². The van der Waals surface area contributed by atoms with Crippen molar-refractivity contribution in [3.05, 3.63) is 46.2 Å². The van der Waals surface area contributed by atoms with E-state index >= 15 is 0 Å². The summed E-state index contributed by atoms with van der Waals surface area (Å²) in [6.07, 6.45) is 0. The average Bonchev–Trinajstić information content (AvgIpc) is 2.42. The number of hydrogen-bond donors (Lipinski definition) is 2. The number of phenolic OH excluding ortho intramolecular Hbond substituents is 1. The van der Waals surface area contributed by atoms with E-state index in [0.29, 0.717) is 0 Å². The fraction of sp³-hybridized carbons (Fsp3) is 0.267. The molecule has 0 saturated heterocycles. The van der Waals surface area contributed by atoms with Gasteiger partial charge in [0.15, 0.2) is 0 Å². The van der Waals surface area contributed by atoms with E-state index in [1.54, 1.807) is 19.2 Å². The van der Waals surface area contributed by atoms with Crippen molar-refractivity contribution in [2.45, 2.75) is 19.9 Å². The Balaban J connectivity index is 2.25. The van der Waals surface area contributed by atoms with Crippen molar-refractivity contribution in [3.8, 4) is 11.5 Å². The quantitative estimate of drug-likeness (QED) is 0.827.